The molecule has 1 aliphatic heterocycles. The number of esters is 1. The number of carbonyl (C=O) groups is 2. The van der Waals surface area contributed by atoms with Gasteiger partial charge in [-0.1, -0.05) is 18.2 Å². The zero-order valence-corrected chi connectivity index (χ0v) is 11.6. The van der Waals surface area contributed by atoms with Crippen molar-refractivity contribution in [2.75, 3.05) is 0 Å². The molecule has 0 saturated carbocycles. The molecule has 0 radical (unpaired) electrons. The number of nitrogens with one attached hydrogen (secondary N) is 1. The predicted octanol–water partition coefficient (Wildman–Crippen LogP) is 2.30. The molecule has 2 rings (SSSR count). The molecule has 17 heavy (non-hydrogen) atoms. The van der Waals surface area contributed by atoms with Gasteiger partial charge in [-0.05, 0) is 44.0 Å². The fourth-order valence-corrected chi connectivity index (χ4v) is 1.98. The lowest BCUT2D eigenvalue weighted by Crippen LogP contribution is -2.35. The summed E-state index contributed by atoms with van der Waals surface area (Å²) >= 11 is 6.25. The van der Waals surface area contributed by atoms with Gasteiger partial charge in [0.25, 0.3) is 5.91 Å². The molecule has 4 nitrogen and oxygen atoms in total. The highest BCUT2D eigenvalue weighted by Crippen LogP contribution is 2.30. The molecule has 1 N–H and O–H groups in total. The van der Waals surface area contributed by atoms with E-state index in [1.165, 1.54) is 0 Å². The molecule has 0 bridgehead atoms. The van der Waals surface area contributed by atoms with Gasteiger partial charge in [-0.3, -0.25) is 4.79 Å². The minimum absolute atomic E-state index is 0.288. The van der Waals surface area contributed by atoms with Crippen LogP contribution in [0.3, 0.4) is 0 Å². The van der Waals surface area contributed by atoms with Crippen molar-refractivity contribution in [1.29, 1.82) is 0 Å². The van der Waals surface area contributed by atoms with E-state index < -0.39 is 12.2 Å². The number of rotatable bonds is 2. The zero-order chi connectivity index (χ0) is 12.4. The largest absolute Gasteiger partial charge is 0.433 e. The number of cyclic esters (lactones) is 1. The lowest BCUT2D eigenvalue weighted by atomic mass is 10.2. The first kappa shape index (κ1) is 12.3. The molecule has 1 heterocycles. The Morgan fingerprint density at radius 2 is 1.88 bits per heavy atom. The fraction of sp³-hybridized carbons (Fsp3) is 0.0909. The van der Waals surface area contributed by atoms with Crippen molar-refractivity contribution < 1.29 is 14.3 Å². The van der Waals surface area contributed by atoms with Crippen LogP contribution in [0.4, 0.5) is 0 Å². The molecule has 0 spiro atoms. The Balaban J connectivity index is 2.09. The van der Waals surface area contributed by atoms with Crippen molar-refractivity contribution in [2.24, 2.45) is 0 Å². The van der Waals surface area contributed by atoms with Gasteiger partial charge in [0.1, 0.15) is 4.48 Å². The first-order valence-electron chi connectivity index (χ1n) is 4.71. The van der Waals surface area contributed by atoms with Crippen LogP contribution in [-0.2, 0) is 9.53 Å². The van der Waals surface area contributed by atoms with Gasteiger partial charge in [-0.25, -0.2) is 4.79 Å². The quantitative estimate of drug-likeness (QED) is 0.823. The Kier molecular flexibility index (Phi) is 3.63. The van der Waals surface area contributed by atoms with E-state index in [9.17, 15) is 9.59 Å². The summed E-state index contributed by atoms with van der Waals surface area (Å²) in [6.45, 7) is 0. The normalized spacial score (nSPS) is 19.2. The fourth-order valence-electron chi connectivity index (χ4n) is 1.31. The van der Waals surface area contributed by atoms with E-state index in [4.69, 9.17) is 4.74 Å². The number of carbonyl (C=O) groups excluding carboxylic acids is 2. The second-order valence-electron chi connectivity index (χ2n) is 3.29. The maximum atomic E-state index is 11.8. The molecule has 1 unspecified atom stereocenters. The van der Waals surface area contributed by atoms with Crippen molar-refractivity contribution in [2.45, 2.75) is 6.23 Å². The standard InChI is InChI=1S/C11H7Br2NO3/c12-7-8(13)11(16)17-10(7)14-9(15)6-4-2-1-3-5-6/h1-5,10H,(H,14,15). The summed E-state index contributed by atoms with van der Waals surface area (Å²) in [5.74, 6) is -0.808. The van der Waals surface area contributed by atoms with Crippen LogP contribution >= 0.6 is 31.9 Å². The van der Waals surface area contributed by atoms with Crippen LogP contribution in [0.1, 0.15) is 10.4 Å². The summed E-state index contributed by atoms with van der Waals surface area (Å²) in [6, 6.07) is 8.70. The van der Waals surface area contributed by atoms with Gasteiger partial charge in [-0.2, -0.15) is 0 Å². The number of ether oxygens (including phenoxy) is 1. The molecular weight excluding hydrogens is 354 g/mol. The minimum atomic E-state index is -0.774. The highest BCUT2D eigenvalue weighted by molar-refractivity contribution is 9.14. The van der Waals surface area contributed by atoms with Crippen LogP contribution in [0.25, 0.3) is 0 Å². The summed E-state index contributed by atoms with van der Waals surface area (Å²) in [6.07, 6.45) is -0.774. The Morgan fingerprint density at radius 1 is 1.24 bits per heavy atom. The summed E-state index contributed by atoms with van der Waals surface area (Å²) in [5, 5.41) is 2.59. The van der Waals surface area contributed by atoms with E-state index in [0.717, 1.165) is 0 Å². The predicted molar refractivity (Wildman–Crippen MR) is 68.7 cm³/mol. The van der Waals surface area contributed by atoms with Gasteiger partial charge in [0.05, 0.1) is 4.48 Å². The van der Waals surface area contributed by atoms with Crippen LogP contribution in [0.2, 0.25) is 0 Å². The van der Waals surface area contributed by atoms with Crippen molar-refractivity contribution in [3.63, 3.8) is 0 Å². The molecule has 1 atom stereocenters. The molecule has 1 aromatic carbocycles. The summed E-state index contributed by atoms with van der Waals surface area (Å²) in [7, 11) is 0. The monoisotopic (exact) mass is 359 g/mol. The lowest BCUT2D eigenvalue weighted by molar-refractivity contribution is -0.139. The van der Waals surface area contributed by atoms with Gasteiger partial charge in [0.2, 0.25) is 6.23 Å². The van der Waals surface area contributed by atoms with E-state index in [-0.39, 0.29) is 10.4 Å². The Labute approximate surface area is 114 Å². The van der Waals surface area contributed by atoms with Crippen LogP contribution in [0.15, 0.2) is 39.3 Å². The average Bonchev–Trinajstić information content (AvgIpc) is 2.58. The number of hydrogen-bond donors (Lipinski definition) is 1. The summed E-state index contributed by atoms with van der Waals surface area (Å²) in [5.41, 5.74) is 0.506. The zero-order valence-electron chi connectivity index (χ0n) is 8.44. The first-order valence-corrected chi connectivity index (χ1v) is 6.30. The highest BCUT2D eigenvalue weighted by atomic mass is 79.9. The smallest absolute Gasteiger partial charge is 0.348 e. The van der Waals surface area contributed by atoms with E-state index in [1.54, 1.807) is 24.3 Å². The molecule has 1 aromatic rings. The first-order chi connectivity index (χ1) is 8.09. The van der Waals surface area contributed by atoms with Gasteiger partial charge >= 0.3 is 5.97 Å². The van der Waals surface area contributed by atoms with Crippen LogP contribution in [0.5, 0.6) is 0 Å². The summed E-state index contributed by atoms with van der Waals surface area (Å²) < 4.78 is 5.71. The van der Waals surface area contributed by atoms with Crippen LogP contribution in [0, 0.1) is 0 Å². The van der Waals surface area contributed by atoms with Gasteiger partial charge < -0.3 is 10.1 Å². The maximum Gasteiger partial charge on any atom is 0.348 e. The molecule has 1 amide bonds. The van der Waals surface area contributed by atoms with Gasteiger partial charge in [0, 0.05) is 5.56 Å². The molecule has 0 aliphatic carbocycles. The van der Waals surface area contributed by atoms with Crippen LogP contribution < -0.4 is 5.32 Å². The third-order valence-electron chi connectivity index (χ3n) is 2.14. The van der Waals surface area contributed by atoms with Crippen molar-refractivity contribution in [3.8, 4) is 0 Å². The third kappa shape index (κ3) is 2.58. The average molecular weight is 361 g/mol. The molecule has 1 aliphatic rings. The molecule has 0 saturated heterocycles. The van der Waals surface area contributed by atoms with E-state index in [1.807, 2.05) is 6.07 Å². The highest BCUT2D eigenvalue weighted by Gasteiger charge is 2.32. The molecule has 88 valence electrons. The molecule has 0 aromatic heterocycles. The number of hydrogen-bond acceptors (Lipinski definition) is 3. The molecule has 6 heteroatoms. The van der Waals surface area contributed by atoms with Crippen molar-refractivity contribution >= 4 is 43.7 Å². The second-order valence-corrected chi connectivity index (χ2v) is 4.93. The van der Waals surface area contributed by atoms with Crippen LogP contribution in [-0.4, -0.2) is 18.1 Å². The Morgan fingerprint density at radius 3 is 2.41 bits per heavy atom. The van der Waals surface area contributed by atoms with E-state index in [2.05, 4.69) is 37.2 Å². The lowest BCUT2D eigenvalue weighted by Gasteiger charge is -2.12. The number of halogens is 2. The summed E-state index contributed by atoms with van der Waals surface area (Å²) in [4.78, 5) is 23.0. The van der Waals surface area contributed by atoms with Crippen molar-refractivity contribution in [3.05, 3.63) is 44.9 Å². The minimum Gasteiger partial charge on any atom is -0.433 e. The number of benzene rings is 1. The third-order valence-corrected chi connectivity index (χ3v) is 4.24. The van der Waals surface area contributed by atoms with Gasteiger partial charge in [0.15, 0.2) is 0 Å². The van der Waals surface area contributed by atoms with Crippen molar-refractivity contribution in [1.82, 2.24) is 5.32 Å². The Hall–Kier alpha value is -1.14. The van der Waals surface area contributed by atoms with Gasteiger partial charge in [-0.15, -0.1) is 0 Å². The van der Waals surface area contributed by atoms with E-state index in [0.29, 0.717) is 10.0 Å². The molecular formula is C11H7Br2NO3. The second kappa shape index (κ2) is 5.01. The van der Waals surface area contributed by atoms with E-state index >= 15 is 0 Å². The molecule has 0 fully saturated rings. The Bertz CT molecular complexity index is 499. The topological polar surface area (TPSA) is 55.4 Å². The SMILES string of the molecule is O=C1OC(NC(=O)c2ccccc2)C(Br)=C1Br. The number of amides is 1. The maximum absolute atomic E-state index is 11.8.